The Morgan fingerprint density at radius 2 is 0.457 bits per heavy atom. The van der Waals surface area contributed by atoms with Crippen LogP contribution in [0.2, 0.25) is 0 Å². The minimum atomic E-state index is -0.820. The summed E-state index contributed by atoms with van der Waals surface area (Å²) in [6.07, 6.45) is 99.3. The number of allylic oxidation sites excluding steroid dienone is 28. The molecule has 0 fully saturated rings. The van der Waals surface area contributed by atoms with Crippen LogP contribution in [0.15, 0.2) is 170 Å². The third-order valence-corrected chi connectivity index (χ3v) is 13.2. The molecule has 0 amide bonds. The zero-order valence-corrected chi connectivity index (χ0v) is 52.0. The third-order valence-electron chi connectivity index (χ3n) is 13.2. The van der Waals surface area contributed by atoms with Crippen molar-refractivity contribution in [2.75, 3.05) is 13.2 Å². The van der Waals surface area contributed by atoms with Crippen molar-refractivity contribution >= 4 is 17.9 Å². The Balaban J connectivity index is 4.53. The molecule has 0 heterocycles. The Morgan fingerprint density at radius 3 is 0.741 bits per heavy atom. The van der Waals surface area contributed by atoms with Crippen LogP contribution in [0, 0.1) is 0 Å². The quantitative estimate of drug-likeness (QED) is 0.0261. The lowest BCUT2D eigenvalue weighted by atomic mass is 10.0. The van der Waals surface area contributed by atoms with Gasteiger partial charge in [0.05, 0.1) is 0 Å². The summed E-state index contributed by atoms with van der Waals surface area (Å²) in [6, 6.07) is 0. The molecule has 0 saturated carbocycles. The van der Waals surface area contributed by atoms with Crippen molar-refractivity contribution in [3.8, 4) is 0 Å². The molecule has 81 heavy (non-hydrogen) atoms. The van der Waals surface area contributed by atoms with E-state index in [4.69, 9.17) is 14.2 Å². The molecule has 0 bridgehead atoms. The number of hydrogen-bond acceptors (Lipinski definition) is 6. The highest BCUT2D eigenvalue weighted by Gasteiger charge is 2.19. The summed E-state index contributed by atoms with van der Waals surface area (Å²) in [7, 11) is 0. The maximum atomic E-state index is 12.9. The minimum Gasteiger partial charge on any atom is -0.462 e. The molecule has 0 aromatic heterocycles. The zero-order valence-electron chi connectivity index (χ0n) is 52.0. The predicted molar refractivity (Wildman–Crippen MR) is 352 cm³/mol. The maximum absolute atomic E-state index is 12.9. The van der Waals surface area contributed by atoms with Gasteiger partial charge in [0.1, 0.15) is 13.2 Å². The Morgan fingerprint density at radius 1 is 0.247 bits per heavy atom. The first-order chi connectivity index (χ1) is 40.0. The van der Waals surface area contributed by atoms with Gasteiger partial charge in [-0.1, -0.05) is 274 Å². The Hall–Kier alpha value is -5.23. The van der Waals surface area contributed by atoms with Crippen molar-refractivity contribution in [3.05, 3.63) is 170 Å². The molecule has 6 nitrogen and oxygen atoms in total. The summed E-state index contributed by atoms with van der Waals surface area (Å²) < 4.78 is 16.9. The first-order valence-electron chi connectivity index (χ1n) is 32.6. The van der Waals surface area contributed by atoms with Crippen LogP contribution >= 0.6 is 0 Å². The van der Waals surface area contributed by atoms with Crippen LogP contribution in [0.5, 0.6) is 0 Å². The molecule has 6 heteroatoms. The molecular weight excluding hydrogens is 997 g/mol. The zero-order chi connectivity index (χ0) is 58.5. The van der Waals surface area contributed by atoms with E-state index in [-0.39, 0.29) is 37.5 Å². The maximum Gasteiger partial charge on any atom is 0.306 e. The Bertz CT molecular complexity index is 1860. The molecular formula is C75H118O6. The molecule has 0 N–H and O–H groups in total. The van der Waals surface area contributed by atoms with E-state index in [2.05, 4.69) is 191 Å². The summed E-state index contributed by atoms with van der Waals surface area (Å²) in [6.45, 7) is 6.25. The van der Waals surface area contributed by atoms with E-state index < -0.39 is 6.10 Å². The summed E-state index contributed by atoms with van der Waals surface area (Å²) in [5, 5.41) is 0. The van der Waals surface area contributed by atoms with Crippen LogP contribution in [0.3, 0.4) is 0 Å². The summed E-state index contributed by atoms with van der Waals surface area (Å²) in [5.41, 5.74) is 0. The van der Waals surface area contributed by atoms with Gasteiger partial charge in [-0.05, 0) is 141 Å². The van der Waals surface area contributed by atoms with Gasteiger partial charge < -0.3 is 14.2 Å². The van der Waals surface area contributed by atoms with Crippen molar-refractivity contribution < 1.29 is 28.6 Å². The van der Waals surface area contributed by atoms with E-state index in [1.54, 1.807) is 0 Å². The van der Waals surface area contributed by atoms with Crippen LogP contribution in [-0.4, -0.2) is 37.2 Å². The molecule has 0 aliphatic carbocycles. The lowest BCUT2D eigenvalue weighted by Gasteiger charge is -2.18. The second-order valence-corrected chi connectivity index (χ2v) is 20.9. The van der Waals surface area contributed by atoms with Crippen LogP contribution in [-0.2, 0) is 28.6 Å². The Kier molecular flexibility index (Phi) is 62.9. The number of ether oxygens (including phenoxy) is 3. The SMILES string of the molecule is CC/C=C\C/C=C\C/C=C\C/C=C\C/C=C\C/C=C\C/C=C\CCCC(=O)OCC(COC(=O)CCCCCCCCC/C=C\C/C=C\C/C=C\CC)OC(=O)CCCCCCCCCCCC/C=C\C/C=C\C/C=C\C/C=C\CC. The van der Waals surface area contributed by atoms with Gasteiger partial charge >= 0.3 is 17.9 Å². The molecule has 0 spiro atoms. The molecule has 0 aromatic rings. The topological polar surface area (TPSA) is 78.9 Å². The van der Waals surface area contributed by atoms with Gasteiger partial charge in [0, 0.05) is 19.3 Å². The largest absolute Gasteiger partial charge is 0.462 e. The average molecular weight is 1120 g/mol. The van der Waals surface area contributed by atoms with Crippen molar-refractivity contribution in [1.29, 1.82) is 0 Å². The van der Waals surface area contributed by atoms with Gasteiger partial charge in [-0.15, -0.1) is 0 Å². The summed E-state index contributed by atoms with van der Waals surface area (Å²) in [4.78, 5) is 38.4. The highest BCUT2D eigenvalue weighted by atomic mass is 16.6. The average Bonchev–Trinajstić information content (AvgIpc) is 3.47. The first-order valence-corrected chi connectivity index (χ1v) is 32.6. The van der Waals surface area contributed by atoms with E-state index in [0.29, 0.717) is 19.3 Å². The fraction of sp³-hybridized carbons (Fsp3) is 0.587. The van der Waals surface area contributed by atoms with Gasteiger partial charge in [-0.2, -0.15) is 0 Å². The van der Waals surface area contributed by atoms with E-state index >= 15 is 0 Å². The van der Waals surface area contributed by atoms with Crippen molar-refractivity contribution in [2.24, 2.45) is 0 Å². The number of carbonyl (C=O) groups excluding carboxylic acids is 3. The molecule has 454 valence electrons. The Labute approximate surface area is 498 Å². The van der Waals surface area contributed by atoms with Gasteiger partial charge in [0.25, 0.3) is 0 Å². The molecule has 0 rings (SSSR count). The first kappa shape index (κ1) is 75.8. The summed E-state index contributed by atoms with van der Waals surface area (Å²) >= 11 is 0. The molecule has 0 aliphatic rings. The van der Waals surface area contributed by atoms with Crippen LogP contribution in [0.25, 0.3) is 0 Å². The van der Waals surface area contributed by atoms with Crippen LogP contribution in [0.4, 0.5) is 0 Å². The van der Waals surface area contributed by atoms with Crippen LogP contribution in [0.1, 0.15) is 265 Å². The number of carbonyl (C=O) groups is 3. The highest BCUT2D eigenvalue weighted by Crippen LogP contribution is 2.15. The predicted octanol–water partition coefficient (Wildman–Crippen LogP) is 22.7. The molecule has 1 unspecified atom stereocenters. The summed E-state index contributed by atoms with van der Waals surface area (Å²) in [5.74, 6) is -0.988. The van der Waals surface area contributed by atoms with E-state index in [1.165, 1.54) is 77.0 Å². The molecule has 0 aliphatic heterocycles. The van der Waals surface area contributed by atoms with Gasteiger partial charge in [-0.3, -0.25) is 14.4 Å². The van der Waals surface area contributed by atoms with Gasteiger partial charge in [0.2, 0.25) is 0 Å². The van der Waals surface area contributed by atoms with Gasteiger partial charge in [0.15, 0.2) is 6.10 Å². The molecule has 0 aromatic carbocycles. The van der Waals surface area contributed by atoms with E-state index in [9.17, 15) is 14.4 Å². The highest BCUT2D eigenvalue weighted by molar-refractivity contribution is 5.71. The monoisotopic (exact) mass is 1110 g/mol. The van der Waals surface area contributed by atoms with Crippen molar-refractivity contribution in [2.45, 2.75) is 271 Å². The van der Waals surface area contributed by atoms with Crippen molar-refractivity contribution in [1.82, 2.24) is 0 Å². The smallest absolute Gasteiger partial charge is 0.306 e. The van der Waals surface area contributed by atoms with Gasteiger partial charge in [-0.25, -0.2) is 0 Å². The van der Waals surface area contributed by atoms with E-state index in [0.717, 1.165) is 141 Å². The number of unbranched alkanes of at least 4 members (excludes halogenated alkanes) is 18. The molecule has 1 atom stereocenters. The lowest BCUT2D eigenvalue weighted by molar-refractivity contribution is -0.167. The standard InChI is InChI=1S/C75H118O6/c1-4-7-10-13-16-19-22-25-28-31-33-35-37-39-41-44-47-50-53-56-59-62-65-68-74(77)80-71-72(70-79-73(76)67-64-61-58-55-52-49-46-43-30-27-24-21-18-15-12-9-6-3)81-75(78)69-66-63-60-57-54-51-48-45-42-40-38-36-34-32-29-26-23-20-17-14-11-8-5-2/h7-12,16-21,25-30,33-36,39,41,47,50,56,59,72H,4-6,13-15,22-24,31-32,37-38,40,42-46,48-49,51-55,57-58,60-71H2,1-3H3/b10-7-,11-8-,12-9-,19-16-,20-17-,21-18-,28-25-,29-26-,30-27-,35-33-,36-34-,41-39-,50-47-,59-56-. The molecule has 0 radical (unpaired) electrons. The van der Waals surface area contributed by atoms with Crippen LogP contribution < -0.4 is 0 Å². The lowest BCUT2D eigenvalue weighted by Crippen LogP contribution is -2.30. The number of hydrogen-bond donors (Lipinski definition) is 0. The normalized spacial score (nSPS) is 13.3. The second kappa shape index (κ2) is 67.3. The van der Waals surface area contributed by atoms with E-state index in [1.807, 2.05) is 0 Å². The minimum absolute atomic E-state index is 0.110. The third kappa shape index (κ3) is 65.5. The molecule has 0 saturated heterocycles. The fourth-order valence-electron chi connectivity index (χ4n) is 8.44. The van der Waals surface area contributed by atoms with Crippen molar-refractivity contribution in [3.63, 3.8) is 0 Å². The fourth-order valence-corrected chi connectivity index (χ4v) is 8.44. The number of rotatable bonds is 57. The number of esters is 3. The second-order valence-electron chi connectivity index (χ2n) is 20.9.